The number of hydrogen-bond acceptors (Lipinski definition) is 9. The van der Waals surface area contributed by atoms with Gasteiger partial charge in [0, 0.05) is 23.2 Å². The molecule has 0 fully saturated rings. The fourth-order valence-corrected chi connectivity index (χ4v) is 1.66. The molecule has 98 valence electrons. The third-order valence-electron chi connectivity index (χ3n) is 2.13. The molecule has 0 aliphatic carbocycles. The van der Waals surface area contributed by atoms with Gasteiger partial charge in [0.25, 0.3) is 11.6 Å². The summed E-state index contributed by atoms with van der Waals surface area (Å²) in [4.78, 5) is 22.0. The summed E-state index contributed by atoms with van der Waals surface area (Å²) < 4.78 is 3.47. The molecule has 1 aromatic carbocycles. The Balaban J connectivity index is 2.27. The second kappa shape index (κ2) is 5.32. The number of hydrazine groups is 1. The van der Waals surface area contributed by atoms with Crippen LogP contribution in [0.3, 0.4) is 0 Å². The van der Waals surface area contributed by atoms with Gasteiger partial charge in [-0.2, -0.15) is 0 Å². The lowest BCUT2D eigenvalue weighted by Crippen LogP contribution is -2.14. The summed E-state index contributed by atoms with van der Waals surface area (Å²) in [6.45, 7) is 0. The van der Waals surface area contributed by atoms with E-state index in [1.165, 1.54) is 12.1 Å². The third kappa shape index (κ3) is 2.78. The van der Waals surface area contributed by atoms with Crippen LogP contribution in [0.25, 0.3) is 0 Å². The standard InChI is InChI=1S/C8H7N7O3S/c9-11-5-2-1-4(3-6(5)15(17)18)7(16)10-8-12-13-14-19-8/h1-3,11H,9H2,(H,10,12,14,16). The van der Waals surface area contributed by atoms with Crippen molar-refractivity contribution in [3.63, 3.8) is 0 Å². The summed E-state index contributed by atoms with van der Waals surface area (Å²) in [6, 6.07) is 3.84. The van der Waals surface area contributed by atoms with Crippen LogP contribution in [0.5, 0.6) is 0 Å². The summed E-state index contributed by atoms with van der Waals surface area (Å²) in [5.74, 6) is 4.59. The number of rotatable bonds is 4. The molecular formula is C8H7N7O3S. The van der Waals surface area contributed by atoms with Crippen LogP contribution in [0.1, 0.15) is 10.4 Å². The topological polar surface area (TPSA) is 149 Å². The van der Waals surface area contributed by atoms with Gasteiger partial charge in [0.1, 0.15) is 5.69 Å². The number of anilines is 2. The van der Waals surface area contributed by atoms with Gasteiger partial charge in [0.2, 0.25) is 5.13 Å². The fraction of sp³-hybridized carbons (Fsp3) is 0. The van der Waals surface area contributed by atoms with Crippen molar-refractivity contribution in [2.24, 2.45) is 5.84 Å². The second-order valence-electron chi connectivity index (χ2n) is 3.26. The van der Waals surface area contributed by atoms with E-state index in [4.69, 9.17) is 5.84 Å². The Morgan fingerprint density at radius 3 is 2.84 bits per heavy atom. The van der Waals surface area contributed by atoms with Gasteiger partial charge in [-0.05, 0) is 17.3 Å². The average molecular weight is 281 g/mol. The van der Waals surface area contributed by atoms with E-state index in [0.29, 0.717) is 0 Å². The molecule has 0 aliphatic rings. The van der Waals surface area contributed by atoms with Gasteiger partial charge < -0.3 is 5.43 Å². The van der Waals surface area contributed by atoms with Crippen molar-refractivity contribution in [3.05, 3.63) is 33.9 Å². The molecule has 0 unspecified atom stereocenters. The van der Waals surface area contributed by atoms with Crippen molar-refractivity contribution in [3.8, 4) is 0 Å². The molecule has 1 amide bonds. The number of nitrogens with two attached hydrogens (primary N) is 1. The van der Waals surface area contributed by atoms with E-state index in [-0.39, 0.29) is 22.1 Å². The van der Waals surface area contributed by atoms with Gasteiger partial charge in [0.15, 0.2) is 0 Å². The number of hydrogen-bond donors (Lipinski definition) is 3. The SMILES string of the molecule is NNc1ccc(C(=O)Nc2nnns2)cc1[N+](=O)[O-]. The first kappa shape index (κ1) is 12.8. The lowest BCUT2D eigenvalue weighted by molar-refractivity contribution is -0.384. The van der Waals surface area contributed by atoms with Crippen molar-refractivity contribution in [1.82, 2.24) is 14.8 Å². The minimum atomic E-state index is -0.640. The number of nitro benzene ring substituents is 1. The lowest BCUT2D eigenvalue weighted by atomic mass is 10.1. The molecule has 0 atom stereocenters. The summed E-state index contributed by atoms with van der Waals surface area (Å²) in [7, 11) is 0. The molecule has 11 heteroatoms. The first-order chi connectivity index (χ1) is 9.11. The van der Waals surface area contributed by atoms with Crippen molar-refractivity contribution >= 4 is 33.9 Å². The molecule has 19 heavy (non-hydrogen) atoms. The third-order valence-corrected chi connectivity index (χ3v) is 2.64. The predicted molar refractivity (Wildman–Crippen MR) is 66.6 cm³/mol. The summed E-state index contributed by atoms with van der Waals surface area (Å²) in [5, 5.41) is 20.3. The number of aromatic nitrogens is 3. The number of nitrogen functional groups attached to an aromatic ring is 1. The van der Waals surface area contributed by atoms with Crippen LogP contribution in [0.4, 0.5) is 16.5 Å². The minimum absolute atomic E-state index is 0.0981. The van der Waals surface area contributed by atoms with Crippen LogP contribution in [-0.4, -0.2) is 25.6 Å². The number of carbonyl (C=O) groups excluding carboxylic acids is 1. The Bertz CT molecular complexity index is 615. The number of nitrogens with zero attached hydrogens (tertiary/aromatic N) is 4. The van der Waals surface area contributed by atoms with Crippen LogP contribution in [0.15, 0.2) is 18.2 Å². The van der Waals surface area contributed by atoms with Gasteiger partial charge in [-0.3, -0.25) is 26.1 Å². The molecule has 1 aromatic heterocycles. The van der Waals surface area contributed by atoms with Crippen molar-refractivity contribution in [2.75, 3.05) is 10.7 Å². The summed E-state index contributed by atoms with van der Waals surface area (Å²) in [5.41, 5.74) is 2.09. The Hall–Kier alpha value is -2.66. The highest BCUT2D eigenvalue weighted by molar-refractivity contribution is 7.09. The fourth-order valence-electron chi connectivity index (χ4n) is 1.30. The molecule has 2 aromatic rings. The number of carbonyl (C=O) groups is 1. The van der Waals surface area contributed by atoms with Crippen molar-refractivity contribution in [1.29, 1.82) is 0 Å². The molecular weight excluding hydrogens is 274 g/mol. The molecule has 0 saturated carbocycles. The van der Waals surface area contributed by atoms with E-state index in [2.05, 4.69) is 25.5 Å². The van der Waals surface area contributed by atoms with Crippen molar-refractivity contribution in [2.45, 2.75) is 0 Å². The number of amides is 1. The lowest BCUT2D eigenvalue weighted by Gasteiger charge is -2.04. The maximum Gasteiger partial charge on any atom is 0.294 e. The Kier molecular flexibility index (Phi) is 3.58. The van der Waals surface area contributed by atoms with Gasteiger partial charge in [-0.15, -0.1) is 0 Å². The van der Waals surface area contributed by atoms with Gasteiger partial charge in [-0.25, -0.2) is 0 Å². The number of benzene rings is 1. The Morgan fingerprint density at radius 2 is 2.26 bits per heavy atom. The maximum absolute atomic E-state index is 11.8. The van der Waals surface area contributed by atoms with Crippen molar-refractivity contribution < 1.29 is 9.72 Å². The summed E-state index contributed by atoms with van der Waals surface area (Å²) in [6.07, 6.45) is 0. The Labute approximate surface area is 109 Å². The number of nitro groups is 1. The zero-order valence-corrected chi connectivity index (χ0v) is 10.0. The largest absolute Gasteiger partial charge is 0.318 e. The van der Waals surface area contributed by atoms with Crippen LogP contribution in [-0.2, 0) is 0 Å². The molecule has 0 saturated heterocycles. The number of nitrogens with one attached hydrogen (secondary N) is 2. The minimum Gasteiger partial charge on any atom is -0.318 e. The molecule has 0 aliphatic heterocycles. The first-order valence-corrected chi connectivity index (χ1v) is 5.60. The van der Waals surface area contributed by atoms with E-state index in [1.54, 1.807) is 0 Å². The van der Waals surface area contributed by atoms with Crippen LogP contribution in [0, 0.1) is 10.1 Å². The molecule has 2 rings (SSSR count). The monoisotopic (exact) mass is 281 g/mol. The van der Waals surface area contributed by atoms with E-state index in [1.807, 2.05) is 0 Å². The van der Waals surface area contributed by atoms with E-state index < -0.39 is 10.8 Å². The highest BCUT2D eigenvalue weighted by Crippen LogP contribution is 2.25. The van der Waals surface area contributed by atoms with E-state index in [9.17, 15) is 14.9 Å². The molecule has 0 bridgehead atoms. The molecule has 0 spiro atoms. The van der Waals surface area contributed by atoms with Gasteiger partial charge >= 0.3 is 0 Å². The van der Waals surface area contributed by atoms with Crippen LogP contribution < -0.4 is 16.6 Å². The maximum atomic E-state index is 11.8. The van der Waals surface area contributed by atoms with Gasteiger partial charge in [-0.1, -0.05) is 9.59 Å². The van der Waals surface area contributed by atoms with Crippen LogP contribution >= 0.6 is 11.5 Å². The smallest absolute Gasteiger partial charge is 0.294 e. The van der Waals surface area contributed by atoms with E-state index in [0.717, 1.165) is 17.6 Å². The Morgan fingerprint density at radius 1 is 1.47 bits per heavy atom. The quantitative estimate of drug-likeness (QED) is 0.413. The zero-order valence-electron chi connectivity index (χ0n) is 9.23. The summed E-state index contributed by atoms with van der Waals surface area (Å²) >= 11 is 0.894. The molecule has 0 radical (unpaired) electrons. The highest BCUT2D eigenvalue weighted by Gasteiger charge is 2.17. The van der Waals surface area contributed by atoms with Gasteiger partial charge in [0.05, 0.1) is 4.92 Å². The molecule has 4 N–H and O–H groups in total. The normalized spacial score (nSPS) is 9.95. The second-order valence-corrected chi connectivity index (χ2v) is 3.99. The average Bonchev–Trinajstić information content (AvgIpc) is 2.90. The first-order valence-electron chi connectivity index (χ1n) is 4.83. The molecule has 10 nitrogen and oxygen atoms in total. The van der Waals surface area contributed by atoms with Crippen LogP contribution in [0.2, 0.25) is 0 Å². The molecule has 1 heterocycles. The highest BCUT2D eigenvalue weighted by atomic mass is 32.1. The zero-order chi connectivity index (χ0) is 13.8. The predicted octanol–water partition coefficient (Wildman–Crippen LogP) is 0.379. The van der Waals surface area contributed by atoms with E-state index >= 15 is 0 Å².